The number of aliphatic hydroxyl groups excluding tert-OH is 1. The SMILES string of the molecule is C[C@H](c1ccc(Br)cc1)N1CC[C@@](CCO)(c2ccccc2)CC1=O. The van der Waals surface area contributed by atoms with Crippen LogP contribution in [0.2, 0.25) is 0 Å². The summed E-state index contributed by atoms with van der Waals surface area (Å²) in [6.07, 6.45) is 1.96. The summed E-state index contributed by atoms with van der Waals surface area (Å²) in [4.78, 5) is 14.9. The van der Waals surface area contributed by atoms with Gasteiger partial charge in [-0.15, -0.1) is 0 Å². The van der Waals surface area contributed by atoms with Gasteiger partial charge in [-0.3, -0.25) is 4.79 Å². The van der Waals surface area contributed by atoms with Crippen molar-refractivity contribution >= 4 is 21.8 Å². The highest BCUT2D eigenvalue weighted by Gasteiger charge is 2.41. The van der Waals surface area contributed by atoms with E-state index in [4.69, 9.17) is 0 Å². The number of rotatable bonds is 5. The van der Waals surface area contributed by atoms with Crippen LogP contribution in [-0.2, 0) is 10.2 Å². The van der Waals surface area contributed by atoms with Crippen LogP contribution in [-0.4, -0.2) is 29.1 Å². The number of hydrogen-bond donors (Lipinski definition) is 1. The van der Waals surface area contributed by atoms with E-state index >= 15 is 0 Å². The van der Waals surface area contributed by atoms with Crippen LogP contribution < -0.4 is 0 Å². The zero-order valence-corrected chi connectivity index (χ0v) is 16.1. The molecule has 0 bridgehead atoms. The van der Waals surface area contributed by atoms with Gasteiger partial charge in [-0.1, -0.05) is 58.4 Å². The molecule has 0 unspecified atom stereocenters. The average Bonchev–Trinajstić information content (AvgIpc) is 2.63. The van der Waals surface area contributed by atoms with Gasteiger partial charge >= 0.3 is 0 Å². The number of nitrogens with zero attached hydrogens (tertiary/aromatic N) is 1. The average molecular weight is 402 g/mol. The Balaban J connectivity index is 1.81. The van der Waals surface area contributed by atoms with Crippen molar-refractivity contribution in [3.63, 3.8) is 0 Å². The van der Waals surface area contributed by atoms with Crippen LogP contribution in [0.1, 0.15) is 43.4 Å². The Morgan fingerprint density at radius 3 is 2.44 bits per heavy atom. The third-order valence-electron chi connectivity index (χ3n) is 5.44. The zero-order valence-electron chi connectivity index (χ0n) is 14.5. The second-order valence-corrected chi connectivity index (χ2v) is 7.78. The predicted molar refractivity (Wildman–Crippen MR) is 103 cm³/mol. The number of likely N-dealkylation sites (tertiary alicyclic amines) is 1. The van der Waals surface area contributed by atoms with Gasteiger partial charge in [0.25, 0.3) is 0 Å². The maximum atomic E-state index is 13.0. The number of piperidine rings is 1. The number of hydrogen-bond acceptors (Lipinski definition) is 2. The summed E-state index contributed by atoms with van der Waals surface area (Å²) in [5.74, 6) is 0.166. The van der Waals surface area contributed by atoms with Crippen LogP contribution in [0.3, 0.4) is 0 Å². The summed E-state index contributed by atoms with van der Waals surface area (Å²) >= 11 is 3.46. The highest BCUT2D eigenvalue weighted by molar-refractivity contribution is 9.10. The lowest BCUT2D eigenvalue weighted by molar-refractivity contribution is -0.138. The maximum Gasteiger partial charge on any atom is 0.223 e. The Morgan fingerprint density at radius 1 is 1.16 bits per heavy atom. The third-order valence-corrected chi connectivity index (χ3v) is 5.97. The summed E-state index contributed by atoms with van der Waals surface area (Å²) in [6, 6.07) is 18.4. The van der Waals surface area contributed by atoms with Crippen molar-refractivity contribution in [2.24, 2.45) is 0 Å². The van der Waals surface area contributed by atoms with Gasteiger partial charge in [0.15, 0.2) is 0 Å². The number of amides is 1. The molecule has 2 atom stereocenters. The topological polar surface area (TPSA) is 40.5 Å². The lowest BCUT2D eigenvalue weighted by atomic mass is 9.70. The fourth-order valence-corrected chi connectivity index (χ4v) is 4.14. The van der Waals surface area contributed by atoms with E-state index in [9.17, 15) is 9.90 Å². The van der Waals surface area contributed by atoms with Crippen LogP contribution in [0.15, 0.2) is 59.1 Å². The molecule has 1 aliphatic heterocycles. The molecular formula is C21H24BrNO2. The molecule has 0 spiro atoms. The van der Waals surface area contributed by atoms with Gasteiger partial charge in [-0.2, -0.15) is 0 Å². The monoisotopic (exact) mass is 401 g/mol. The van der Waals surface area contributed by atoms with Crippen molar-refractivity contribution in [2.45, 2.75) is 37.6 Å². The van der Waals surface area contributed by atoms with E-state index in [1.54, 1.807) is 0 Å². The van der Waals surface area contributed by atoms with Crippen molar-refractivity contribution in [1.82, 2.24) is 4.90 Å². The molecule has 1 heterocycles. The van der Waals surface area contributed by atoms with Crippen molar-refractivity contribution in [2.75, 3.05) is 13.2 Å². The number of halogens is 1. The normalized spacial score (nSPS) is 22.0. The van der Waals surface area contributed by atoms with E-state index in [1.165, 1.54) is 0 Å². The Kier molecular flexibility index (Phi) is 5.60. The van der Waals surface area contributed by atoms with Gasteiger partial charge in [0.2, 0.25) is 5.91 Å². The van der Waals surface area contributed by atoms with Crippen LogP contribution >= 0.6 is 15.9 Å². The first kappa shape index (κ1) is 18.2. The summed E-state index contributed by atoms with van der Waals surface area (Å²) in [5, 5.41) is 9.58. The minimum Gasteiger partial charge on any atom is -0.396 e. The first-order valence-electron chi connectivity index (χ1n) is 8.77. The number of carbonyl (C=O) groups excluding carboxylic acids is 1. The van der Waals surface area contributed by atoms with Crippen molar-refractivity contribution in [3.8, 4) is 0 Å². The standard InChI is InChI=1S/C21H24BrNO2/c1-16(17-7-9-19(22)10-8-17)23-13-11-21(12-14-24,15-20(23)25)18-5-3-2-4-6-18/h2-10,16,24H,11-15H2,1H3/t16-,21+/m1/s1. The van der Waals surface area contributed by atoms with Crippen LogP contribution in [0.5, 0.6) is 0 Å². The predicted octanol–water partition coefficient (Wildman–Crippen LogP) is 4.45. The second kappa shape index (κ2) is 7.71. The van der Waals surface area contributed by atoms with Gasteiger partial charge < -0.3 is 10.0 Å². The molecule has 1 N–H and O–H groups in total. The molecule has 1 amide bonds. The van der Waals surface area contributed by atoms with Gasteiger partial charge in [0.1, 0.15) is 0 Å². The van der Waals surface area contributed by atoms with E-state index in [0.717, 1.165) is 22.0 Å². The maximum absolute atomic E-state index is 13.0. The van der Waals surface area contributed by atoms with Gasteiger partial charge in [0, 0.05) is 29.5 Å². The van der Waals surface area contributed by atoms with E-state index < -0.39 is 0 Å². The van der Waals surface area contributed by atoms with Crippen LogP contribution in [0, 0.1) is 0 Å². The van der Waals surface area contributed by atoms with E-state index in [1.807, 2.05) is 35.2 Å². The summed E-state index contributed by atoms with van der Waals surface area (Å²) in [6.45, 7) is 2.90. The van der Waals surface area contributed by atoms with Crippen LogP contribution in [0.4, 0.5) is 0 Å². The lowest BCUT2D eigenvalue weighted by Crippen LogP contribution is -2.47. The number of carbonyl (C=O) groups is 1. The second-order valence-electron chi connectivity index (χ2n) is 6.86. The molecule has 1 saturated heterocycles. The smallest absolute Gasteiger partial charge is 0.223 e. The largest absolute Gasteiger partial charge is 0.396 e. The molecule has 25 heavy (non-hydrogen) atoms. The molecule has 2 aromatic carbocycles. The lowest BCUT2D eigenvalue weighted by Gasteiger charge is -2.43. The fraction of sp³-hybridized carbons (Fsp3) is 0.381. The number of aliphatic hydroxyl groups is 1. The first-order valence-corrected chi connectivity index (χ1v) is 9.56. The molecule has 1 fully saturated rings. The Labute approximate surface area is 157 Å². The summed E-state index contributed by atoms with van der Waals surface area (Å²) in [7, 11) is 0. The van der Waals surface area contributed by atoms with E-state index in [0.29, 0.717) is 19.4 Å². The van der Waals surface area contributed by atoms with E-state index in [2.05, 4.69) is 47.1 Å². The molecule has 0 radical (unpaired) electrons. The molecule has 0 aliphatic carbocycles. The molecule has 132 valence electrons. The minimum absolute atomic E-state index is 0.0588. The van der Waals surface area contributed by atoms with Crippen molar-refractivity contribution in [1.29, 1.82) is 0 Å². The third kappa shape index (κ3) is 3.80. The molecule has 2 aromatic rings. The van der Waals surface area contributed by atoms with Crippen molar-refractivity contribution in [3.05, 3.63) is 70.2 Å². The molecular weight excluding hydrogens is 378 g/mol. The summed E-state index contributed by atoms with van der Waals surface area (Å²) < 4.78 is 1.04. The number of benzene rings is 2. The summed E-state index contributed by atoms with van der Waals surface area (Å²) in [5.41, 5.74) is 2.06. The highest BCUT2D eigenvalue weighted by atomic mass is 79.9. The first-order chi connectivity index (χ1) is 12.1. The molecule has 3 nitrogen and oxygen atoms in total. The van der Waals surface area contributed by atoms with Gasteiger partial charge in [-0.25, -0.2) is 0 Å². The zero-order chi connectivity index (χ0) is 17.9. The molecule has 0 aromatic heterocycles. The Hall–Kier alpha value is -1.65. The van der Waals surface area contributed by atoms with Crippen LogP contribution in [0.25, 0.3) is 0 Å². The van der Waals surface area contributed by atoms with Crippen molar-refractivity contribution < 1.29 is 9.90 Å². The Morgan fingerprint density at radius 2 is 1.84 bits per heavy atom. The molecule has 3 rings (SSSR count). The molecule has 4 heteroatoms. The van der Waals surface area contributed by atoms with Gasteiger partial charge in [-0.05, 0) is 43.0 Å². The Bertz CT molecular complexity index is 716. The highest BCUT2D eigenvalue weighted by Crippen LogP contribution is 2.41. The molecule has 0 saturated carbocycles. The van der Waals surface area contributed by atoms with Gasteiger partial charge in [0.05, 0.1) is 6.04 Å². The quantitative estimate of drug-likeness (QED) is 0.803. The molecule has 1 aliphatic rings. The minimum atomic E-state index is -0.247. The fourth-order valence-electron chi connectivity index (χ4n) is 3.88. The van der Waals surface area contributed by atoms with E-state index in [-0.39, 0.29) is 24.0 Å².